The molecule has 0 N–H and O–H groups in total. The zero-order chi connectivity index (χ0) is 51.3. The molecule has 10 nitrogen and oxygen atoms in total. The molecule has 0 amide bonds. The van der Waals surface area contributed by atoms with Gasteiger partial charge in [-0.05, 0) is 110 Å². The van der Waals surface area contributed by atoms with Crippen LogP contribution in [0.25, 0.3) is 88.2 Å². The van der Waals surface area contributed by atoms with Gasteiger partial charge in [-0.15, -0.1) is 0 Å². The minimum Gasteiger partial charge on any atom is -0.381 e. The van der Waals surface area contributed by atoms with E-state index in [0.29, 0.717) is 32.4 Å². The Morgan fingerprint density at radius 1 is 0.461 bits per heavy atom. The quantitative estimate of drug-likeness (QED) is 0.0523. The van der Waals surface area contributed by atoms with E-state index in [-0.39, 0.29) is 10.8 Å². The Hall–Kier alpha value is -6.50. The Labute approximate surface area is 445 Å². The molecule has 0 unspecified atom stereocenters. The fraction of sp³-hybridized carbons (Fsp3) is 0.364. The largest absolute Gasteiger partial charge is 0.381 e. The first-order valence-corrected chi connectivity index (χ1v) is 27.9. The highest BCUT2D eigenvalue weighted by molar-refractivity contribution is 6.36. The molecule has 0 aliphatic carbocycles. The third kappa shape index (κ3) is 9.92. The summed E-state index contributed by atoms with van der Waals surface area (Å²) in [7, 11) is 0. The number of rotatable bonds is 25. The molecule has 0 bridgehead atoms. The summed E-state index contributed by atoms with van der Waals surface area (Å²) in [6.07, 6.45) is 8.38. The molecule has 2 aliphatic heterocycles. The van der Waals surface area contributed by atoms with E-state index in [2.05, 4.69) is 169 Å². The van der Waals surface area contributed by atoms with Crippen molar-refractivity contribution >= 4 is 65.3 Å². The summed E-state index contributed by atoms with van der Waals surface area (Å²) in [6.45, 7) is 13.3. The predicted molar refractivity (Wildman–Crippen MR) is 307 cm³/mol. The highest BCUT2D eigenvalue weighted by Gasteiger charge is 2.38. The molecule has 10 heteroatoms. The first kappa shape index (κ1) is 50.3. The topological polar surface area (TPSA) is 91.0 Å². The van der Waals surface area contributed by atoms with Crippen molar-refractivity contribution in [1.82, 2.24) is 19.1 Å². The lowest BCUT2D eigenvalue weighted by molar-refractivity contribution is -0.150. The van der Waals surface area contributed by atoms with Crippen LogP contribution >= 0.6 is 0 Å². The molecule has 0 saturated carbocycles. The Kier molecular flexibility index (Phi) is 15.0. The van der Waals surface area contributed by atoms with Crippen molar-refractivity contribution in [2.75, 3.05) is 66.1 Å². The average molecular weight is 1020 g/mol. The molecule has 76 heavy (non-hydrogen) atoms. The van der Waals surface area contributed by atoms with Crippen LogP contribution in [0.15, 0.2) is 146 Å². The number of fused-ring (bicyclic) bond motifs is 11. The van der Waals surface area contributed by atoms with Crippen molar-refractivity contribution in [3.05, 3.63) is 157 Å². The minimum atomic E-state index is 0.225. The highest BCUT2D eigenvalue weighted by atomic mass is 16.5. The van der Waals surface area contributed by atoms with Gasteiger partial charge in [0.25, 0.3) is 0 Å². The Balaban J connectivity index is 0.934. The average Bonchev–Trinajstić information content (AvgIpc) is 4.20. The van der Waals surface area contributed by atoms with Gasteiger partial charge in [-0.3, -0.25) is 4.57 Å². The number of para-hydroxylation sites is 2. The predicted octanol–water partition coefficient (Wildman–Crippen LogP) is 14.9. The second-order valence-electron chi connectivity index (χ2n) is 21.5. The van der Waals surface area contributed by atoms with Crippen LogP contribution in [0.4, 0.5) is 0 Å². The number of hydrogen-bond donors (Lipinski definition) is 0. The van der Waals surface area contributed by atoms with Gasteiger partial charge in [-0.2, -0.15) is 0 Å². The lowest BCUT2D eigenvalue weighted by Gasteiger charge is -2.40. The third-order valence-electron chi connectivity index (χ3n) is 16.2. The number of nitrogens with zero attached hydrogens (tertiary/aromatic N) is 4. The summed E-state index contributed by atoms with van der Waals surface area (Å²) >= 11 is 0. The molecule has 2 saturated heterocycles. The first-order chi connectivity index (χ1) is 37.6. The molecule has 390 valence electrons. The zero-order valence-electron chi connectivity index (χ0n) is 44.2. The first-order valence-electron chi connectivity index (χ1n) is 27.9. The van der Waals surface area contributed by atoms with Gasteiger partial charge in [0.2, 0.25) is 5.95 Å². The van der Waals surface area contributed by atoms with Crippen molar-refractivity contribution in [2.24, 2.45) is 10.8 Å². The van der Waals surface area contributed by atoms with Crippen molar-refractivity contribution in [2.45, 2.75) is 78.4 Å². The molecule has 0 radical (unpaired) electrons. The van der Waals surface area contributed by atoms with E-state index in [9.17, 15) is 0 Å². The highest BCUT2D eigenvalue weighted by Crippen LogP contribution is 2.47. The summed E-state index contributed by atoms with van der Waals surface area (Å²) in [5.74, 6) is 0.625. The number of hydrogen-bond acceptors (Lipinski definition) is 8. The van der Waals surface area contributed by atoms with Gasteiger partial charge in [-0.25, -0.2) is 9.97 Å². The molecule has 3 aromatic heterocycles. The number of unbranched alkanes of at least 4 members (excludes halogenated alkanes) is 4. The van der Waals surface area contributed by atoms with Gasteiger partial charge >= 0.3 is 0 Å². The summed E-state index contributed by atoms with van der Waals surface area (Å²) < 4.78 is 40.8. The second kappa shape index (κ2) is 22.6. The summed E-state index contributed by atoms with van der Waals surface area (Å²) in [5, 5.41) is 7.96. The van der Waals surface area contributed by atoms with Gasteiger partial charge in [-0.1, -0.05) is 117 Å². The molecule has 12 rings (SSSR count). The normalized spacial score (nSPS) is 15.1. The second-order valence-corrected chi connectivity index (χ2v) is 21.5. The number of ether oxygens (including phenoxy) is 6. The van der Waals surface area contributed by atoms with Crippen LogP contribution in [-0.4, -0.2) is 85.2 Å². The van der Waals surface area contributed by atoms with E-state index >= 15 is 0 Å². The SMILES string of the molecule is CCC1(COCCCCCOCc2ccc3c(c2)c2c(c4ccccc4c4c5cc(COCCCCCOCC6(CC)COC6)ccc5n(-c5nc(-c6ccccc6)c6ccccc6n5)c42)n3-c2ccccc2)COC1. The maximum atomic E-state index is 6.46. The van der Waals surface area contributed by atoms with E-state index < -0.39 is 0 Å². The third-order valence-corrected chi connectivity index (χ3v) is 16.2. The molecule has 2 aliphatic rings. The van der Waals surface area contributed by atoms with Crippen molar-refractivity contribution in [3.8, 4) is 22.9 Å². The number of aromatic nitrogens is 4. The van der Waals surface area contributed by atoms with Crippen LogP contribution in [0.2, 0.25) is 0 Å². The summed E-state index contributed by atoms with van der Waals surface area (Å²) in [6, 6.07) is 52.3. The zero-order valence-corrected chi connectivity index (χ0v) is 44.2. The van der Waals surface area contributed by atoms with Crippen LogP contribution < -0.4 is 0 Å². The Bertz CT molecular complexity index is 3610. The van der Waals surface area contributed by atoms with Crippen molar-refractivity contribution in [3.63, 3.8) is 0 Å². The van der Waals surface area contributed by atoms with Crippen LogP contribution in [0.1, 0.15) is 76.3 Å². The molecule has 5 heterocycles. The van der Waals surface area contributed by atoms with Crippen molar-refractivity contribution < 1.29 is 28.4 Å². The Morgan fingerprint density at radius 3 is 1.55 bits per heavy atom. The van der Waals surface area contributed by atoms with Crippen LogP contribution in [-0.2, 0) is 41.6 Å². The summed E-state index contributed by atoms with van der Waals surface area (Å²) in [4.78, 5) is 11.1. The van der Waals surface area contributed by atoms with Crippen LogP contribution in [0, 0.1) is 10.8 Å². The molecule has 10 aromatic rings. The molecule has 7 aromatic carbocycles. The fourth-order valence-corrected chi connectivity index (χ4v) is 11.5. The summed E-state index contributed by atoms with van der Waals surface area (Å²) in [5.41, 5.74) is 11.0. The van der Waals surface area contributed by atoms with E-state index in [1.165, 1.54) is 16.2 Å². The lowest BCUT2D eigenvalue weighted by atomic mass is 9.84. The van der Waals surface area contributed by atoms with E-state index in [1.807, 2.05) is 0 Å². The lowest BCUT2D eigenvalue weighted by Crippen LogP contribution is -2.45. The monoisotopic (exact) mass is 1010 g/mol. The maximum absolute atomic E-state index is 6.46. The fourth-order valence-electron chi connectivity index (χ4n) is 11.5. The molecular formula is C66H70N4O6. The molecular weight excluding hydrogens is 945 g/mol. The maximum Gasteiger partial charge on any atom is 0.235 e. The van der Waals surface area contributed by atoms with Gasteiger partial charge in [0, 0.05) is 80.8 Å². The van der Waals surface area contributed by atoms with Gasteiger partial charge in [0.15, 0.2) is 0 Å². The molecule has 0 atom stereocenters. The van der Waals surface area contributed by atoms with Gasteiger partial charge in [0.1, 0.15) is 0 Å². The van der Waals surface area contributed by atoms with E-state index in [4.69, 9.17) is 38.4 Å². The molecule has 0 spiro atoms. The minimum absolute atomic E-state index is 0.225. The van der Waals surface area contributed by atoms with Crippen LogP contribution in [0.5, 0.6) is 0 Å². The van der Waals surface area contributed by atoms with Gasteiger partial charge < -0.3 is 33.0 Å². The number of benzene rings is 7. The smallest absolute Gasteiger partial charge is 0.235 e. The van der Waals surface area contributed by atoms with E-state index in [0.717, 1.165) is 181 Å². The molecule has 2 fully saturated rings. The van der Waals surface area contributed by atoms with Crippen molar-refractivity contribution in [1.29, 1.82) is 0 Å². The van der Waals surface area contributed by atoms with E-state index in [1.54, 1.807) is 0 Å². The van der Waals surface area contributed by atoms with Gasteiger partial charge in [0.05, 0.1) is 86.1 Å². The Morgan fingerprint density at radius 2 is 0.974 bits per heavy atom. The standard InChI is InChI=1S/C66H70N4O6/c1-3-65(43-75-44-65)41-73-35-19-7-17-33-71-39-47-30-32-58-54(37-47)59-51-25-13-14-26-52(51)62-60(63(59)70(58)64-67-56-28-16-15-27-53(56)61(68-64)49-21-9-5-10-22-49)55-38-48(29-31-57(55)69(62)50-23-11-6-12-24-50)40-72-34-18-8-20-36-74-42-66(4-2)45-76-46-66/h5-6,9-16,21-32,37-38H,3-4,7-8,17-20,33-36,39-46H2,1-2H3. The van der Waals surface area contributed by atoms with Crippen LogP contribution in [0.3, 0.4) is 0 Å².